The predicted octanol–water partition coefficient (Wildman–Crippen LogP) is 2.88. The Kier molecular flexibility index (Phi) is 6.00. The molecular weight excluding hydrogens is 370 g/mol. The second-order valence-corrected chi connectivity index (χ2v) is 7.60. The maximum Gasteiger partial charge on any atom is 0.321 e. The highest BCUT2D eigenvalue weighted by molar-refractivity contribution is 9.10. The molecule has 0 saturated carbocycles. The standard InChI is InChI=1S/C12H15BrClNO4S/c1-7(2)6-10(12(16)17)15-20(18,19)11-8(13)4-3-5-9(11)14/h3-5,7,10,15H,6H2,1-2H3,(H,16,17)/t10-/m0/s1. The summed E-state index contributed by atoms with van der Waals surface area (Å²) in [7, 11) is -4.02. The fourth-order valence-electron chi connectivity index (χ4n) is 1.66. The van der Waals surface area contributed by atoms with Crippen molar-refractivity contribution in [2.45, 2.75) is 31.2 Å². The summed E-state index contributed by atoms with van der Waals surface area (Å²) in [4.78, 5) is 11.0. The molecule has 0 heterocycles. The van der Waals surface area contributed by atoms with Gasteiger partial charge in [-0.05, 0) is 40.4 Å². The van der Waals surface area contributed by atoms with Crippen LogP contribution in [-0.4, -0.2) is 25.5 Å². The Bertz CT molecular complexity index is 583. The maximum atomic E-state index is 12.3. The Morgan fingerprint density at radius 3 is 2.50 bits per heavy atom. The zero-order chi connectivity index (χ0) is 15.5. The zero-order valence-electron chi connectivity index (χ0n) is 10.9. The molecule has 5 nitrogen and oxygen atoms in total. The summed E-state index contributed by atoms with van der Waals surface area (Å²) in [5.41, 5.74) is 0. The van der Waals surface area contributed by atoms with Gasteiger partial charge in [0.2, 0.25) is 10.0 Å². The summed E-state index contributed by atoms with van der Waals surface area (Å²) < 4.78 is 27.0. The van der Waals surface area contributed by atoms with Crippen LogP contribution in [-0.2, 0) is 14.8 Å². The van der Waals surface area contributed by atoms with Crippen molar-refractivity contribution in [3.05, 3.63) is 27.7 Å². The quantitative estimate of drug-likeness (QED) is 0.790. The molecule has 112 valence electrons. The van der Waals surface area contributed by atoms with E-state index >= 15 is 0 Å². The number of benzene rings is 1. The lowest BCUT2D eigenvalue weighted by Crippen LogP contribution is -2.41. The number of rotatable bonds is 6. The molecule has 0 aliphatic carbocycles. The van der Waals surface area contributed by atoms with Gasteiger partial charge in [-0.2, -0.15) is 4.72 Å². The second-order valence-electron chi connectivity index (χ2n) is 4.69. The molecule has 0 bridgehead atoms. The minimum absolute atomic E-state index is 0.0283. The molecule has 20 heavy (non-hydrogen) atoms. The summed E-state index contributed by atoms with van der Waals surface area (Å²) in [6.45, 7) is 3.63. The van der Waals surface area contributed by atoms with Gasteiger partial charge in [-0.15, -0.1) is 0 Å². The minimum atomic E-state index is -4.02. The highest BCUT2D eigenvalue weighted by Crippen LogP contribution is 2.29. The summed E-state index contributed by atoms with van der Waals surface area (Å²) in [6, 6.07) is 3.36. The Balaban J connectivity index is 3.13. The van der Waals surface area contributed by atoms with Gasteiger partial charge in [0.15, 0.2) is 0 Å². The van der Waals surface area contributed by atoms with Crippen LogP contribution >= 0.6 is 27.5 Å². The molecule has 2 N–H and O–H groups in total. The Hall–Kier alpha value is -0.630. The van der Waals surface area contributed by atoms with E-state index in [0.717, 1.165) is 0 Å². The van der Waals surface area contributed by atoms with Crippen LogP contribution in [0.4, 0.5) is 0 Å². The van der Waals surface area contributed by atoms with Crippen molar-refractivity contribution in [1.82, 2.24) is 4.72 Å². The van der Waals surface area contributed by atoms with Crippen LogP contribution in [0.1, 0.15) is 20.3 Å². The number of carbonyl (C=O) groups is 1. The molecule has 0 spiro atoms. The largest absolute Gasteiger partial charge is 0.480 e. The zero-order valence-corrected chi connectivity index (χ0v) is 14.1. The van der Waals surface area contributed by atoms with Crippen LogP contribution in [0.3, 0.4) is 0 Å². The monoisotopic (exact) mass is 383 g/mol. The number of aliphatic carboxylic acids is 1. The first kappa shape index (κ1) is 17.4. The van der Waals surface area contributed by atoms with E-state index in [-0.39, 0.29) is 26.7 Å². The maximum absolute atomic E-state index is 12.3. The molecule has 1 aromatic carbocycles. The topological polar surface area (TPSA) is 83.5 Å². The summed E-state index contributed by atoms with van der Waals surface area (Å²) in [5.74, 6) is -1.18. The fraction of sp³-hybridized carbons (Fsp3) is 0.417. The highest BCUT2D eigenvalue weighted by atomic mass is 79.9. The SMILES string of the molecule is CC(C)C[C@H](NS(=O)(=O)c1c(Cl)cccc1Br)C(=O)O. The molecule has 1 atom stereocenters. The van der Waals surface area contributed by atoms with E-state index in [0.29, 0.717) is 0 Å². The van der Waals surface area contributed by atoms with Gasteiger partial charge in [0.05, 0.1) is 5.02 Å². The third-order valence-electron chi connectivity index (χ3n) is 2.49. The van der Waals surface area contributed by atoms with Crippen molar-refractivity contribution in [3.63, 3.8) is 0 Å². The normalized spacial score (nSPS) is 13.4. The number of hydrogen-bond donors (Lipinski definition) is 2. The van der Waals surface area contributed by atoms with Crippen LogP contribution in [0.15, 0.2) is 27.6 Å². The van der Waals surface area contributed by atoms with Crippen LogP contribution in [0.25, 0.3) is 0 Å². The smallest absolute Gasteiger partial charge is 0.321 e. The van der Waals surface area contributed by atoms with Crippen molar-refractivity contribution < 1.29 is 18.3 Å². The number of carboxylic acids is 1. The third kappa shape index (κ3) is 4.44. The molecule has 0 unspecified atom stereocenters. The Labute approximate surface area is 131 Å². The molecule has 1 aromatic rings. The van der Waals surface area contributed by atoms with E-state index in [9.17, 15) is 13.2 Å². The van der Waals surface area contributed by atoms with Crippen LogP contribution in [0.2, 0.25) is 5.02 Å². The number of hydrogen-bond acceptors (Lipinski definition) is 3. The van der Waals surface area contributed by atoms with E-state index in [1.165, 1.54) is 12.1 Å². The van der Waals surface area contributed by atoms with Crippen molar-refractivity contribution in [3.8, 4) is 0 Å². The third-order valence-corrected chi connectivity index (χ3v) is 5.41. The van der Waals surface area contributed by atoms with E-state index in [4.69, 9.17) is 16.7 Å². The van der Waals surface area contributed by atoms with Gasteiger partial charge in [0.25, 0.3) is 0 Å². The van der Waals surface area contributed by atoms with Gasteiger partial charge in [-0.3, -0.25) is 4.79 Å². The van der Waals surface area contributed by atoms with Crippen LogP contribution < -0.4 is 4.72 Å². The minimum Gasteiger partial charge on any atom is -0.480 e. The molecule has 0 aliphatic rings. The van der Waals surface area contributed by atoms with Crippen LogP contribution in [0, 0.1) is 5.92 Å². The van der Waals surface area contributed by atoms with Gasteiger partial charge < -0.3 is 5.11 Å². The molecule has 0 fully saturated rings. The molecule has 0 amide bonds. The molecule has 0 aromatic heterocycles. The van der Waals surface area contributed by atoms with Crippen LogP contribution in [0.5, 0.6) is 0 Å². The first-order chi connectivity index (χ1) is 9.15. The molecule has 0 aliphatic heterocycles. The van der Waals surface area contributed by atoms with E-state index in [1.807, 2.05) is 13.8 Å². The summed E-state index contributed by atoms with van der Waals surface area (Å²) in [5, 5.41) is 9.13. The summed E-state index contributed by atoms with van der Waals surface area (Å²) >= 11 is 9.00. The van der Waals surface area contributed by atoms with Crippen molar-refractivity contribution in [2.75, 3.05) is 0 Å². The number of nitrogens with one attached hydrogen (secondary N) is 1. The molecule has 0 saturated heterocycles. The molecular formula is C12H15BrClNO4S. The lowest BCUT2D eigenvalue weighted by molar-refractivity contribution is -0.139. The van der Waals surface area contributed by atoms with Crippen molar-refractivity contribution in [2.24, 2.45) is 5.92 Å². The average molecular weight is 385 g/mol. The van der Waals surface area contributed by atoms with E-state index < -0.39 is 22.0 Å². The van der Waals surface area contributed by atoms with E-state index in [2.05, 4.69) is 20.7 Å². The first-order valence-electron chi connectivity index (χ1n) is 5.84. The Morgan fingerprint density at radius 2 is 2.05 bits per heavy atom. The van der Waals surface area contributed by atoms with Gasteiger partial charge >= 0.3 is 5.97 Å². The molecule has 0 radical (unpaired) electrons. The van der Waals surface area contributed by atoms with Crippen molar-refractivity contribution >= 4 is 43.5 Å². The molecule has 8 heteroatoms. The lowest BCUT2D eigenvalue weighted by Gasteiger charge is -2.17. The summed E-state index contributed by atoms with van der Waals surface area (Å²) in [6.07, 6.45) is 0.191. The van der Waals surface area contributed by atoms with Gasteiger partial charge in [-0.25, -0.2) is 8.42 Å². The lowest BCUT2D eigenvalue weighted by atomic mass is 10.1. The van der Waals surface area contributed by atoms with Gasteiger partial charge in [-0.1, -0.05) is 31.5 Å². The van der Waals surface area contributed by atoms with Gasteiger partial charge in [0.1, 0.15) is 10.9 Å². The Morgan fingerprint density at radius 1 is 1.45 bits per heavy atom. The second kappa shape index (κ2) is 6.89. The van der Waals surface area contributed by atoms with Gasteiger partial charge in [0, 0.05) is 4.47 Å². The first-order valence-corrected chi connectivity index (χ1v) is 8.49. The number of sulfonamides is 1. The number of carboxylic acid groups (broad SMARTS) is 1. The van der Waals surface area contributed by atoms with Crippen molar-refractivity contribution in [1.29, 1.82) is 0 Å². The van der Waals surface area contributed by atoms with E-state index in [1.54, 1.807) is 6.07 Å². The molecule has 1 rings (SSSR count). The highest BCUT2D eigenvalue weighted by Gasteiger charge is 2.28. The predicted molar refractivity (Wildman–Crippen MR) is 80.4 cm³/mol. The fourth-order valence-corrected chi connectivity index (χ4v) is 4.59. The number of halogens is 2. The average Bonchev–Trinajstić information content (AvgIpc) is 2.26.